The van der Waals surface area contributed by atoms with Crippen LogP contribution in [0.1, 0.15) is 6.92 Å². The summed E-state index contributed by atoms with van der Waals surface area (Å²) in [7, 11) is 0. The van der Waals surface area contributed by atoms with E-state index in [2.05, 4.69) is 11.3 Å². The van der Waals surface area contributed by atoms with E-state index in [9.17, 15) is 4.79 Å². The quantitative estimate of drug-likeness (QED) is 0.421. The summed E-state index contributed by atoms with van der Waals surface area (Å²) in [5, 5.41) is 0. The second kappa shape index (κ2) is 6.50. The van der Waals surface area contributed by atoms with Gasteiger partial charge < -0.3 is 4.74 Å². The Hall–Kier alpha value is -0.500. The molecule has 0 unspecified atom stereocenters. The Labute approximate surface area is 54.9 Å². The molecule has 0 saturated heterocycles. The van der Waals surface area contributed by atoms with Crippen LogP contribution in [-0.2, 0) is 9.53 Å². The van der Waals surface area contributed by atoms with E-state index in [1.165, 1.54) is 13.0 Å². The summed E-state index contributed by atoms with van der Waals surface area (Å²) in [6.45, 7) is 5.03. The van der Waals surface area contributed by atoms with Crippen LogP contribution < -0.4 is 0 Å². The fourth-order valence-corrected chi connectivity index (χ4v) is 0.176. The Bertz CT molecular complexity index is 80.5. The van der Waals surface area contributed by atoms with Gasteiger partial charge in [-0.3, -0.25) is 4.79 Å². The van der Waals surface area contributed by atoms with E-state index in [0.29, 0.717) is 6.61 Å². The fourth-order valence-electron chi connectivity index (χ4n) is 0.176. The van der Waals surface area contributed by atoms with E-state index >= 15 is 0 Å². The van der Waals surface area contributed by atoms with Crippen molar-refractivity contribution >= 4 is 18.4 Å². The number of carbonyl (C=O) groups excluding carboxylic acids is 1. The van der Waals surface area contributed by atoms with E-state index in [0.717, 1.165) is 0 Å². The minimum Gasteiger partial charge on any atom is -0.462 e. The molecule has 0 amide bonds. The Morgan fingerprint density at radius 3 is 2.50 bits per heavy atom. The largest absolute Gasteiger partial charge is 0.462 e. The summed E-state index contributed by atoms with van der Waals surface area (Å²) in [6, 6.07) is 0. The zero-order chi connectivity index (χ0) is 5.70. The van der Waals surface area contributed by atoms with Crippen molar-refractivity contribution in [1.82, 2.24) is 0 Å². The van der Waals surface area contributed by atoms with E-state index in [4.69, 9.17) is 0 Å². The molecule has 0 aromatic heterocycles. The number of rotatable bonds is 2. The number of ether oxygens (including phenoxy) is 1. The molecule has 0 aromatic rings. The molecule has 0 aliphatic heterocycles. The number of hydrogen-bond acceptors (Lipinski definition) is 2. The van der Waals surface area contributed by atoms with Crippen LogP contribution in [0.4, 0.5) is 0 Å². The predicted molar refractivity (Wildman–Crippen MR) is 34.1 cm³/mol. The molecule has 0 aromatic carbocycles. The van der Waals surface area contributed by atoms with Crippen LogP contribution in [0, 0.1) is 0 Å². The van der Waals surface area contributed by atoms with Crippen LogP contribution in [0.2, 0.25) is 0 Å². The molecule has 0 heterocycles. The number of halogens is 1. The standard InChI is InChI=1S/C5H8O2.ClH/c1-3-4-7-5(2)6;/h3H,1,4H2,2H3;1H. The van der Waals surface area contributed by atoms with Crippen molar-refractivity contribution in [2.24, 2.45) is 0 Å². The van der Waals surface area contributed by atoms with Crippen molar-refractivity contribution in [2.75, 3.05) is 6.61 Å². The van der Waals surface area contributed by atoms with Crippen molar-refractivity contribution in [3.63, 3.8) is 0 Å². The first kappa shape index (κ1) is 10.5. The van der Waals surface area contributed by atoms with Gasteiger partial charge in [0.1, 0.15) is 6.61 Å². The third-order valence-electron chi connectivity index (χ3n) is 0.404. The van der Waals surface area contributed by atoms with Crippen LogP contribution in [-0.4, -0.2) is 12.6 Å². The molecule has 0 fully saturated rings. The molecule has 0 aliphatic rings. The molecular weight excluding hydrogens is 128 g/mol. The van der Waals surface area contributed by atoms with Crippen molar-refractivity contribution in [2.45, 2.75) is 6.92 Å². The monoisotopic (exact) mass is 136 g/mol. The SMILES string of the molecule is C=CCOC(C)=O.Cl. The summed E-state index contributed by atoms with van der Waals surface area (Å²) in [5.41, 5.74) is 0. The lowest BCUT2D eigenvalue weighted by molar-refractivity contribution is -0.139. The Kier molecular flexibility index (Phi) is 8.51. The topological polar surface area (TPSA) is 26.3 Å². The molecule has 0 radical (unpaired) electrons. The lowest BCUT2D eigenvalue weighted by Gasteiger charge is -1.90. The first-order valence-electron chi connectivity index (χ1n) is 2.01. The second-order valence-electron chi connectivity index (χ2n) is 1.09. The minimum absolute atomic E-state index is 0. The van der Waals surface area contributed by atoms with Gasteiger partial charge in [0.2, 0.25) is 0 Å². The van der Waals surface area contributed by atoms with E-state index in [1.807, 2.05) is 0 Å². The molecule has 0 bridgehead atoms. The van der Waals surface area contributed by atoms with Crippen molar-refractivity contribution in [3.05, 3.63) is 12.7 Å². The highest BCUT2D eigenvalue weighted by Crippen LogP contribution is 1.73. The number of hydrogen-bond donors (Lipinski definition) is 0. The molecule has 0 rings (SSSR count). The molecule has 3 heteroatoms. The van der Waals surface area contributed by atoms with Gasteiger partial charge in [0.05, 0.1) is 0 Å². The molecular formula is C5H9ClO2. The van der Waals surface area contributed by atoms with Crippen LogP contribution >= 0.6 is 12.4 Å². The molecule has 8 heavy (non-hydrogen) atoms. The molecule has 0 atom stereocenters. The third kappa shape index (κ3) is 9.09. The highest BCUT2D eigenvalue weighted by Gasteiger charge is 1.83. The maximum absolute atomic E-state index is 9.93. The average molecular weight is 137 g/mol. The van der Waals surface area contributed by atoms with Gasteiger partial charge in [0.25, 0.3) is 0 Å². The van der Waals surface area contributed by atoms with Crippen LogP contribution in [0.3, 0.4) is 0 Å². The van der Waals surface area contributed by atoms with Gasteiger partial charge in [0.15, 0.2) is 0 Å². The fraction of sp³-hybridized carbons (Fsp3) is 0.400. The lowest BCUT2D eigenvalue weighted by Crippen LogP contribution is -1.96. The Morgan fingerprint density at radius 1 is 1.88 bits per heavy atom. The van der Waals surface area contributed by atoms with Crippen LogP contribution in [0.5, 0.6) is 0 Å². The summed E-state index contributed by atoms with van der Waals surface area (Å²) in [6.07, 6.45) is 1.53. The van der Waals surface area contributed by atoms with Crippen LogP contribution in [0.15, 0.2) is 12.7 Å². The number of esters is 1. The summed E-state index contributed by atoms with van der Waals surface area (Å²) >= 11 is 0. The van der Waals surface area contributed by atoms with Gasteiger partial charge in [-0.2, -0.15) is 0 Å². The molecule has 48 valence electrons. The first-order chi connectivity index (χ1) is 3.27. The van der Waals surface area contributed by atoms with Crippen molar-refractivity contribution in [1.29, 1.82) is 0 Å². The van der Waals surface area contributed by atoms with E-state index < -0.39 is 0 Å². The highest BCUT2D eigenvalue weighted by molar-refractivity contribution is 5.85. The summed E-state index contributed by atoms with van der Waals surface area (Å²) < 4.78 is 4.43. The maximum atomic E-state index is 9.93. The Morgan fingerprint density at radius 2 is 2.38 bits per heavy atom. The average Bonchev–Trinajstić information content (AvgIpc) is 1.61. The first-order valence-corrected chi connectivity index (χ1v) is 2.01. The van der Waals surface area contributed by atoms with Gasteiger partial charge in [-0.1, -0.05) is 12.7 Å². The van der Waals surface area contributed by atoms with Gasteiger partial charge >= 0.3 is 5.97 Å². The second-order valence-corrected chi connectivity index (χ2v) is 1.09. The molecule has 0 saturated carbocycles. The number of carbonyl (C=O) groups is 1. The van der Waals surface area contributed by atoms with Crippen molar-refractivity contribution in [3.8, 4) is 0 Å². The smallest absolute Gasteiger partial charge is 0.302 e. The van der Waals surface area contributed by atoms with Gasteiger partial charge in [-0.15, -0.1) is 12.4 Å². The molecule has 0 aliphatic carbocycles. The van der Waals surface area contributed by atoms with Gasteiger partial charge in [0, 0.05) is 6.92 Å². The summed E-state index contributed by atoms with van der Waals surface area (Å²) in [5.74, 6) is -0.264. The summed E-state index contributed by atoms with van der Waals surface area (Å²) in [4.78, 5) is 9.93. The van der Waals surface area contributed by atoms with Crippen molar-refractivity contribution < 1.29 is 9.53 Å². The molecule has 2 nitrogen and oxygen atoms in total. The van der Waals surface area contributed by atoms with E-state index in [-0.39, 0.29) is 18.4 Å². The zero-order valence-electron chi connectivity index (χ0n) is 4.72. The highest BCUT2D eigenvalue weighted by atomic mass is 35.5. The van der Waals surface area contributed by atoms with E-state index in [1.54, 1.807) is 0 Å². The Balaban J connectivity index is 0. The van der Waals surface area contributed by atoms with Gasteiger partial charge in [-0.05, 0) is 0 Å². The van der Waals surface area contributed by atoms with Crippen LogP contribution in [0.25, 0.3) is 0 Å². The third-order valence-corrected chi connectivity index (χ3v) is 0.404. The lowest BCUT2D eigenvalue weighted by atomic mass is 10.7. The molecule has 0 N–H and O–H groups in total. The molecule has 0 spiro atoms. The predicted octanol–water partition coefficient (Wildman–Crippen LogP) is 1.16. The maximum Gasteiger partial charge on any atom is 0.302 e. The zero-order valence-corrected chi connectivity index (χ0v) is 5.53. The normalized spacial score (nSPS) is 6.62. The minimum atomic E-state index is -0.264. The van der Waals surface area contributed by atoms with Gasteiger partial charge in [-0.25, -0.2) is 0 Å².